The van der Waals surface area contributed by atoms with Gasteiger partial charge in [-0.05, 0) is 34.7 Å². The van der Waals surface area contributed by atoms with Gasteiger partial charge < -0.3 is 5.11 Å². The van der Waals surface area contributed by atoms with E-state index in [-0.39, 0.29) is 44.1 Å². The van der Waals surface area contributed by atoms with Crippen molar-refractivity contribution in [3.05, 3.63) is 27.8 Å². The minimum atomic E-state index is 0. The van der Waals surface area contributed by atoms with Crippen LogP contribution in [0.1, 0.15) is 0 Å². The molecule has 0 aliphatic rings. The van der Waals surface area contributed by atoms with Crippen LogP contribution in [0.3, 0.4) is 0 Å². The summed E-state index contributed by atoms with van der Waals surface area (Å²) in [6.07, 6.45) is 0. The number of hydrogen-bond acceptors (Lipinski definition) is 1. The molecule has 0 spiro atoms. The van der Waals surface area contributed by atoms with Crippen molar-refractivity contribution in [2.45, 2.75) is 0 Å². The average Bonchev–Trinajstić information content (AvgIpc) is 1.77. The molecule has 1 radical (unpaired) electrons. The summed E-state index contributed by atoms with van der Waals surface area (Å²) in [5, 5.41) is 8.91. The number of para-hydroxylation sites is 1. The fraction of sp³-hybridized carbons (Fsp3) is 0. The van der Waals surface area contributed by atoms with Crippen molar-refractivity contribution in [2.24, 2.45) is 0 Å². The van der Waals surface area contributed by atoms with Crippen LogP contribution < -0.4 is 0 Å². The van der Waals surface area contributed by atoms with E-state index in [1.807, 2.05) is 12.1 Å². The standard InChI is InChI=1S/C6H5IO.Ac/c7-5-3-1-2-4-6(5)8;/h1-4,8H;. The second-order valence-corrected chi connectivity index (χ2v) is 2.61. The Hall–Kier alpha value is 1.19. The molecule has 1 rings (SSSR count). The number of phenolic OH excluding ortho intramolecular Hbond substituents is 1. The third-order valence-corrected chi connectivity index (χ3v) is 1.76. The first kappa shape index (κ1) is 10.2. The maximum Gasteiger partial charge on any atom is 0.128 e. The number of phenols is 1. The normalized spacial score (nSPS) is 8.11. The van der Waals surface area contributed by atoms with Gasteiger partial charge in [0.25, 0.3) is 0 Å². The molecule has 0 heterocycles. The molecular formula is C6H5AcIO. The van der Waals surface area contributed by atoms with Gasteiger partial charge in [-0.3, -0.25) is 0 Å². The molecular weight excluding hydrogens is 442 g/mol. The van der Waals surface area contributed by atoms with E-state index >= 15 is 0 Å². The molecule has 0 amide bonds. The van der Waals surface area contributed by atoms with E-state index in [0.29, 0.717) is 5.75 Å². The van der Waals surface area contributed by atoms with Crippen LogP contribution in [-0.2, 0) is 0 Å². The molecule has 0 bridgehead atoms. The molecule has 0 unspecified atom stereocenters. The summed E-state index contributed by atoms with van der Waals surface area (Å²) in [6.45, 7) is 0. The average molecular weight is 447 g/mol. The minimum absolute atomic E-state index is 0. The number of aromatic hydroxyl groups is 1. The first-order valence-electron chi connectivity index (χ1n) is 2.24. The van der Waals surface area contributed by atoms with Crippen LogP contribution >= 0.6 is 22.6 Å². The molecule has 1 aromatic carbocycles. The van der Waals surface area contributed by atoms with Gasteiger partial charge >= 0.3 is 0 Å². The largest absolute Gasteiger partial charge is 0.507 e. The maximum absolute atomic E-state index is 8.91. The third kappa shape index (κ3) is 3.20. The quantitative estimate of drug-likeness (QED) is 0.604. The molecule has 0 aliphatic carbocycles. The van der Waals surface area contributed by atoms with E-state index in [0.717, 1.165) is 3.57 Å². The van der Waals surface area contributed by atoms with Gasteiger partial charge in [0.05, 0.1) is 3.57 Å². The van der Waals surface area contributed by atoms with Gasteiger partial charge in [0.2, 0.25) is 0 Å². The zero-order valence-electron chi connectivity index (χ0n) is 4.71. The monoisotopic (exact) mass is 447 g/mol. The Morgan fingerprint density at radius 2 is 1.78 bits per heavy atom. The van der Waals surface area contributed by atoms with Crippen molar-refractivity contribution in [3.63, 3.8) is 0 Å². The number of hydrogen-bond donors (Lipinski definition) is 1. The Labute approximate surface area is 104 Å². The van der Waals surface area contributed by atoms with Gasteiger partial charge in [0.1, 0.15) is 5.75 Å². The summed E-state index contributed by atoms with van der Waals surface area (Å²) >= 11 is 2.07. The van der Waals surface area contributed by atoms with Gasteiger partial charge in [-0.1, -0.05) is 12.1 Å². The number of rotatable bonds is 0. The Morgan fingerprint density at radius 3 is 2.11 bits per heavy atom. The zero-order valence-corrected chi connectivity index (χ0v) is 11.6. The molecule has 0 aromatic heterocycles. The molecule has 0 fully saturated rings. The summed E-state index contributed by atoms with van der Waals surface area (Å²) < 4.78 is 0.894. The summed E-state index contributed by atoms with van der Waals surface area (Å²) in [4.78, 5) is 0. The predicted molar refractivity (Wildman–Crippen MR) is 40.8 cm³/mol. The summed E-state index contributed by atoms with van der Waals surface area (Å²) in [6, 6.07) is 7.22. The Balaban J connectivity index is 0.000000640. The Morgan fingerprint density at radius 1 is 1.22 bits per heavy atom. The molecule has 1 nitrogen and oxygen atoms in total. The molecule has 1 aromatic rings. The van der Waals surface area contributed by atoms with Crippen LogP contribution in [0.4, 0.5) is 0 Å². The third-order valence-electron chi connectivity index (χ3n) is 0.852. The smallest absolute Gasteiger partial charge is 0.128 e. The van der Waals surface area contributed by atoms with Crippen molar-refractivity contribution >= 4 is 22.6 Å². The summed E-state index contributed by atoms with van der Waals surface area (Å²) in [7, 11) is 0. The van der Waals surface area contributed by atoms with Crippen LogP contribution in [0.2, 0.25) is 0 Å². The predicted octanol–water partition coefficient (Wildman–Crippen LogP) is 2.00. The first-order chi connectivity index (χ1) is 3.80. The Kier molecular flexibility index (Phi) is 5.58. The van der Waals surface area contributed by atoms with Crippen molar-refractivity contribution in [1.29, 1.82) is 0 Å². The molecule has 0 aliphatic heterocycles. The van der Waals surface area contributed by atoms with Gasteiger partial charge in [0, 0.05) is 44.1 Å². The first-order valence-corrected chi connectivity index (χ1v) is 3.32. The van der Waals surface area contributed by atoms with E-state index in [4.69, 9.17) is 5.11 Å². The van der Waals surface area contributed by atoms with E-state index in [9.17, 15) is 0 Å². The molecule has 9 heavy (non-hydrogen) atoms. The minimum Gasteiger partial charge on any atom is -0.507 e. The van der Waals surface area contributed by atoms with E-state index in [1.165, 1.54) is 0 Å². The van der Waals surface area contributed by atoms with Gasteiger partial charge in [-0.25, -0.2) is 0 Å². The number of benzene rings is 1. The second kappa shape index (κ2) is 4.92. The molecule has 3 heteroatoms. The van der Waals surface area contributed by atoms with Gasteiger partial charge in [-0.15, -0.1) is 0 Å². The SMILES string of the molecule is Oc1ccccc1I.[Ac]. The molecule has 1 N–H and O–H groups in total. The molecule has 0 atom stereocenters. The van der Waals surface area contributed by atoms with Crippen LogP contribution in [0.5, 0.6) is 5.75 Å². The molecule has 0 saturated heterocycles. The fourth-order valence-corrected chi connectivity index (χ4v) is 0.839. The second-order valence-electron chi connectivity index (χ2n) is 1.45. The summed E-state index contributed by atoms with van der Waals surface area (Å²) in [5.74, 6) is 0.355. The zero-order chi connectivity index (χ0) is 5.98. The van der Waals surface area contributed by atoms with E-state index in [1.54, 1.807) is 12.1 Å². The fourth-order valence-electron chi connectivity index (χ4n) is 0.452. The van der Waals surface area contributed by atoms with E-state index in [2.05, 4.69) is 22.6 Å². The molecule has 0 saturated carbocycles. The van der Waals surface area contributed by atoms with Crippen molar-refractivity contribution in [1.82, 2.24) is 0 Å². The maximum atomic E-state index is 8.91. The van der Waals surface area contributed by atoms with Crippen LogP contribution in [0, 0.1) is 47.6 Å². The summed E-state index contributed by atoms with van der Waals surface area (Å²) in [5.41, 5.74) is 0. The van der Waals surface area contributed by atoms with Crippen molar-refractivity contribution < 1.29 is 49.2 Å². The van der Waals surface area contributed by atoms with Crippen molar-refractivity contribution in [2.75, 3.05) is 0 Å². The number of halogens is 1. The van der Waals surface area contributed by atoms with Crippen LogP contribution in [0.25, 0.3) is 0 Å². The van der Waals surface area contributed by atoms with Gasteiger partial charge in [-0.2, -0.15) is 0 Å². The van der Waals surface area contributed by atoms with Crippen LogP contribution in [-0.4, -0.2) is 5.11 Å². The molecule has 45 valence electrons. The van der Waals surface area contributed by atoms with Crippen LogP contribution in [0.15, 0.2) is 24.3 Å². The van der Waals surface area contributed by atoms with Crippen molar-refractivity contribution in [3.8, 4) is 5.75 Å². The Bertz CT molecular complexity index is 169. The topological polar surface area (TPSA) is 20.2 Å². The van der Waals surface area contributed by atoms with Gasteiger partial charge in [0.15, 0.2) is 0 Å². The van der Waals surface area contributed by atoms with E-state index < -0.39 is 0 Å².